The van der Waals surface area contributed by atoms with E-state index in [1.165, 1.54) is 0 Å². The van der Waals surface area contributed by atoms with Gasteiger partial charge in [0.1, 0.15) is 11.8 Å². The number of amides is 2. The van der Waals surface area contributed by atoms with Crippen molar-refractivity contribution in [3.05, 3.63) is 29.8 Å². The highest BCUT2D eigenvalue weighted by Crippen LogP contribution is 2.28. The van der Waals surface area contributed by atoms with Gasteiger partial charge in [-0.25, -0.2) is 0 Å². The van der Waals surface area contributed by atoms with Crippen LogP contribution in [0.25, 0.3) is 0 Å². The Morgan fingerprint density at radius 1 is 1.15 bits per heavy atom. The standard InChI is InChI=1S/C21H32N2O3/c1-14(2)19(23-20(24)16-11-9-15(3)10-12-16)21(25)22-13-17-7-5-6-8-18(17)26-4/h5-8,14-16,19H,9-13H2,1-4H3,(H,22,25)(H,23,24)/t15?,16?,19-/m0/s1. The summed E-state index contributed by atoms with van der Waals surface area (Å²) in [6.45, 7) is 6.52. The summed E-state index contributed by atoms with van der Waals surface area (Å²) in [7, 11) is 1.61. The molecule has 2 N–H and O–H groups in total. The van der Waals surface area contributed by atoms with Crippen LogP contribution in [-0.4, -0.2) is 25.0 Å². The number of rotatable bonds is 7. The molecule has 1 aliphatic rings. The van der Waals surface area contributed by atoms with Gasteiger partial charge in [0.05, 0.1) is 7.11 Å². The van der Waals surface area contributed by atoms with Crippen molar-refractivity contribution in [1.29, 1.82) is 0 Å². The Morgan fingerprint density at radius 2 is 1.81 bits per heavy atom. The van der Waals surface area contributed by atoms with Crippen LogP contribution in [0.1, 0.15) is 52.0 Å². The summed E-state index contributed by atoms with van der Waals surface area (Å²) >= 11 is 0. The molecule has 1 atom stereocenters. The number of benzene rings is 1. The average molecular weight is 360 g/mol. The molecule has 0 saturated heterocycles. The third kappa shape index (κ3) is 5.48. The number of carbonyl (C=O) groups excluding carboxylic acids is 2. The van der Waals surface area contributed by atoms with E-state index in [9.17, 15) is 9.59 Å². The number of carbonyl (C=O) groups is 2. The first-order valence-corrected chi connectivity index (χ1v) is 9.62. The molecule has 1 fully saturated rings. The number of hydrogen-bond donors (Lipinski definition) is 2. The molecule has 2 amide bonds. The number of hydrogen-bond acceptors (Lipinski definition) is 3. The Kier molecular flexibility index (Phi) is 7.49. The molecule has 0 heterocycles. The molecule has 0 bridgehead atoms. The van der Waals surface area contributed by atoms with Crippen LogP contribution in [0.5, 0.6) is 5.75 Å². The largest absolute Gasteiger partial charge is 0.496 e. The summed E-state index contributed by atoms with van der Waals surface area (Å²) in [4.78, 5) is 25.2. The lowest BCUT2D eigenvalue weighted by atomic mass is 9.82. The van der Waals surface area contributed by atoms with E-state index in [1.54, 1.807) is 7.11 Å². The lowest BCUT2D eigenvalue weighted by Gasteiger charge is -2.28. The topological polar surface area (TPSA) is 67.4 Å². The van der Waals surface area contributed by atoms with Crippen molar-refractivity contribution < 1.29 is 14.3 Å². The van der Waals surface area contributed by atoms with E-state index in [4.69, 9.17) is 4.74 Å². The van der Waals surface area contributed by atoms with Crippen LogP contribution in [0.3, 0.4) is 0 Å². The summed E-state index contributed by atoms with van der Waals surface area (Å²) in [6.07, 6.45) is 4.01. The predicted molar refractivity (Wildman–Crippen MR) is 103 cm³/mol. The summed E-state index contributed by atoms with van der Waals surface area (Å²) < 4.78 is 5.32. The van der Waals surface area contributed by atoms with E-state index in [0.29, 0.717) is 12.5 Å². The molecule has 5 heteroatoms. The van der Waals surface area contributed by atoms with Crippen molar-refractivity contribution in [1.82, 2.24) is 10.6 Å². The minimum absolute atomic E-state index is 0.0167. The van der Waals surface area contributed by atoms with Gasteiger partial charge in [-0.3, -0.25) is 9.59 Å². The van der Waals surface area contributed by atoms with Crippen LogP contribution < -0.4 is 15.4 Å². The fraction of sp³-hybridized carbons (Fsp3) is 0.619. The maximum Gasteiger partial charge on any atom is 0.243 e. The minimum Gasteiger partial charge on any atom is -0.496 e. The van der Waals surface area contributed by atoms with Gasteiger partial charge in [-0.2, -0.15) is 0 Å². The summed E-state index contributed by atoms with van der Waals surface area (Å²) in [6, 6.07) is 7.08. The van der Waals surface area contributed by atoms with Crippen LogP contribution in [0.4, 0.5) is 0 Å². The predicted octanol–water partition coefficient (Wildman–Crippen LogP) is 3.28. The van der Waals surface area contributed by atoms with Crippen LogP contribution >= 0.6 is 0 Å². The SMILES string of the molecule is COc1ccccc1CNC(=O)[C@@H](NC(=O)C1CCC(C)CC1)C(C)C. The highest BCUT2D eigenvalue weighted by Gasteiger charge is 2.29. The number of para-hydroxylation sites is 1. The molecule has 1 aromatic rings. The first-order valence-electron chi connectivity index (χ1n) is 9.62. The molecule has 0 aliphatic heterocycles. The second kappa shape index (κ2) is 9.60. The smallest absolute Gasteiger partial charge is 0.243 e. The molecule has 0 aromatic heterocycles. The van der Waals surface area contributed by atoms with Gasteiger partial charge in [0, 0.05) is 18.0 Å². The third-order valence-electron chi connectivity index (χ3n) is 5.28. The second-order valence-electron chi connectivity index (χ2n) is 7.72. The summed E-state index contributed by atoms with van der Waals surface area (Å²) in [5, 5.41) is 5.92. The van der Waals surface area contributed by atoms with Crippen molar-refractivity contribution in [3.63, 3.8) is 0 Å². The van der Waals surface area contributed by atoms with E-state index >= 15 is 0 Å². The van der Waals surface area contributed by atoms with E-state index < -0.39 is 6.04 Å². The molecular weight excluding hydrogens is 328 g/mol. The molecule has 0 radical (unpaired) electrons. The Labute approximate surface area is 156 Å². The van der Waals surface area contributed by atoms with Gasteiger partial charge in [0.2, 0.25) is 11.8 Å². The molecule has 1 saturated carbocycles. The Hall–Kier alpha value is -2.04. The number of nitrogens with one attached hydrogen (secondary N) is 2. The number of methoxy groups -OCH3 is 1. The minimum atomic E-state index is -0.517. The van der Waals surface area contributed by atoms with E-state index in [0.717, 1.165) is 37.0 Å². The molecule has 5 nitrogen and oxygen atoms in total. The highest BCUT2D eigenvalue weighted by molar-refractivity contribution is 5.88. The molecular formula is C21H32N2O3. The number of ether oxygens (including phenoxy) is 1. The van der Waals surface area contributed by atoms with E-state index in [1.807, 2.05) is 38.1 Å². The normalized spacial score (nSPS) is 21.1. The Morgan fingerprint density at radius 3 is 2.42 bits per heavy atom. The van der Waals surface area contributed by atoms with Gasteiger partial charge in [-0.1, -0.05) is 39.0 Å². The fourth-order valence-electron chi connectivity index (χ4n) is 3.47. The molecule has 0 unspecified atom stereocenters. The maximum absolute atomic E-state index is 12.7. The first-order chi connectivity index (χ1) is 12.4. The van der Waals surface area contributed by atoms with Gasteiger partial charge in [0.15, 0.2) is 0 Å². The zero-order chi connectivity index (χ0) is 19.1. The van der Waals surface area contributed by atoms with Crippen LogP contribution in [0.2, 0.25) is 0 Å². The van der Waals surface area contributed by atoms with Gasteiger partial charge in [0.25, 0.3) is 0 Å². The second-order valence-corrected chi connectivity index (χ2v) is 7.72. The summed E-state index contributed by atoms with van der Waals surface area (Å²) in [5.41, 5.74) is 0.915. The molecule has 1 aliphatic carbocycles. The lowest BCUT2D eigenvalue weighted by Crippen LogP contribution is -2.51. The van der Waals surface area contributed by atoms with Crippen molar-refractivity contribution in [2.75, 3.05) is 7.11 Å². The maximum atomic E-state index is 12.7. The van der Waals surface area contributed by atoms with Crippen molar-refractivity contribution in [2.24, 2.45) is 17.8 Å². The van der Waals surface area contributed by atoms with Gasteiger partial charge < -0.3 is 15.4 Å². The lowest BCUT2D eigenvalue weighted by molar-refractivity contribution is -0.132. The molecule has 0 spiro atoms. The summed E-state index contributed by atoms with van der Waals surface area (Å²) in [5.74, 6) is 1.37. The van der Waals surface area contributed by atoms with Gasteiger partial charge in [-0.15, -0.1) is 0 Å². The average Bonchev–Trinajstić information content (AvgIpc) is 2.64. The van der Waals surface area contributed by atoms with Crippen molar-refractivity contribution in [2.45, 2.75) is 59.0 Å². The van der Waals surface area contributed by atoms with Gasteiger partial charge in [-0.05, 0) is 43.6 Å². The molecule has 26 heavy (non-hydrogen) atoms. The quantitative estimate of drug-likeness (QED) is 0.784. The van der Waals surface area contributed by atoms with Crippen LogP contribution in [-0.2, 0) is 16.1 Å². The van der Waals surface area contributed by atoms with E-state index in [2.05, 4.69) is 17.6 Å². The molecule has 1 aromatic carbocycles. The fourth-order valence-corrected chi connectivity index (χ4v) is 3.47. The third-order valence-corrected chi connectivity index (χ3v) is 5.28. The van der Waals surface area contributed by atoms with E-state index in [-0.39, 0.29) is 23.7 Å². The monoisotopic (exact) mass is 360 g/mol. The van der Waals surface area contributed by atoms with Crippen molar-refractivity contribution >= 4 is 11.8 Å². The highest BCUT2D eigenvalue weighted by atomic mass is 16.5. The van der Waals surface area contributed by atoms with Crippen LogP contribution in [0.15, 0.2) is 24.3 Å². The molecule has 2 rings (SSSR count). The molecule has 144 valence electrons. The Balaban J connectivity index is 1.93. The zero-order valence-electron chi connectivity index (χ0n) is 16.4. The Bertz CT molecular complexity index is 607. The first kappa shape index (κ1) is 20.3. The van der Waals surface area contributed by atoms with Gasteiger partial charge >= 0.3 is 0 Å². The zero-order valence-corrected chi connectivity index (χ0v) is 16.4. The van der Waals surface area contributed by atoms with Crippen molar-refractivity contribution in [3.8, 4) is 5.75 Å². The van der Waals surface area contributed by atoms with Crippen LogP contribution in [0, 0.1) is 17.8 Å².